The van der Waals surface area contributed by atoms with Crippen LogP contribution in [0.4, 0.5) is 11.6 Å². The van der Waals surface area contributed by atoms with Crippen LogP contribution >= 0.6 is 11.6 Å². The molecule has 0 aliphatic carbocycles. The smallest absolute Gasteiger partial charge is 0.226 e. The van der Waals surface area contributed by atoms with E-state index in [2.05, 4.69) is 33.5 Å². The summed E-state index contributed by atoms with van der Waals surface area (Å²) in [5, 5.41) is 0.193. The number of hydrogen-bond donors (Lipinski definition) is 0. The Kier molecular flexibility index (Phi) is 3.36. The second-order valence-electron chi connectivity index (χ2n) is 3.63. The number of rotatable bonds is 2. The van der Waals surface area contributed by atoms with E-state index in [9.17, 15) is 0 Å². The third-order valence-corrected chi connectivity index (χ3v) is 2.66. The predicted octanol–water partition coefficient (Wildman–Crippen LogP) is 1.69. The zero-order valence-corrected chi connectivity index (χ0v) is 9.81. The molecule has 0 radical (unpaired) electrons. The number of hydrogen-bond acceptors (Lipinski definition) is 5. The maximum absolute atomic E-state index is 5.83. The summed E-state index contributed by atoms with van der Waals surface area (Å²) >= 11 is 5.83. The molecule has 0 spiro atoms. The second kappa shape index (κ2) is 4.76. The van der Waals surface area contributed by atoms with Gasteiger partial charge in [0.1, 0.15) is 5.82 Å². The summed E-state index contributed by atoms with van der Waals surface area (Å²) in [6, 6.07) is 2.05. The predicted molar refractivity (Wildman–Crippen MR) is 63.9 cm³/mol. The highest BCUT2D eigenvalue weighted by Gasteiger charge is 2.21. The topological polar surface area (TPSA) is 50.6 Å². The fraction of sp³-hybridized carbons (Fsp3) is 0.500. The molecule has 1 fully saturated rings. The van der Waals surface area contributed by atoms with Crippen LogP contribution in [0.1, 0.15) is 6.92 Å². The molecule has 2 heterocycles. The van der Waals surface area contributed by atoms with Crippen LogP contribution in [0.5, 0.6) is 0 Å². The van der Waals surface area contributed by atoms with Crippen LogP contribution in [-0.4, -0.2) is 42.5 Å². The summed E-state index contributed by atoms with van der Waals surface area (Å²) in [4.78, 5) is 14.0. The van der Waals surface area contributed by atoms with Crippen LogP contribution in [0.2, 0.25) is 5.28 Å². The van der Waals surface area contributed by atoms with Crippen molar-refractivity contribution in [2.45, 2.75) is 13.0 Å². The van der Waals surface area contributed by atoms with Crippen molar-refractivity contribution in [3.8, 4) is 0 Å². The summed E-state index contributed by atoms with van der Waals surface area (Å²) < 4.78 is 5.37. The average Bonchev–Trinajstić information content (AvgIpc) is 2.28. The third kappa shape index (κ3) is 2.31. The first-order valence-electron chi connectivity index (χ1n) is 5.06. The molecular formula is C10H13ClN4O. The van der Waals surface area contributed by atoms with Gasteiger partial charge in [0, 0.05) is 12.6 Å². The summed E-state index contributed by atoms with van der Waals surface area (Å²) in [7, 11) is 0. The van der Waals surface area contributed by atoms with Gasteiger partial charge in [-0.1, -0.05) is 0 Å². The zero-order valence-electron chi connectivity index (χ0n) is 9.06. The molecule has 1 aromatic heterocycles. The van der Waals surface area contributed by atoms with E-state index in [0.29, 0.717) is 19.0 Å². The highest BCUT2D eigenvalue weighted by molar-refractivity contribution is 6.28. The van der Waals surface area contributed by atoms with E-state index in [1.54, 1.807) is 6.07 Å². The van der Waals surface area contributed by atoms with Gasteiger partial charge in [0.2, 0.25) is 5.28 Å². The van der Waals surface area contributed by atoms with Crippen molar-refractivity contribution < 1.29 is 4.74 Å². The maximum Gasteiger partial charge on any atom is 0.226 e. The van der Waals surface area contributed by atoms with Gasteiger partial charge < -0.3 is 9.64 Å². The van der Waals surface area contributed by atoms with Crippen molar-refractivity contribution in [3.05, 3.63) is 11.3 Å². The first kappa shape index (κ1) is 11.3. The van der Waals surface area contributed by atoms with E-state index in [4.69, 9.17) is 16.3 Å². The molecule has 0 amide bonds. The SMILES string of the molecule is C=Nc1cc(N2CCOC[C@H]2C)nc(Cl)n1. The molecule has 1 saturated heterocycles. The van der Waals surface area contributed by atoms with Gasteiger partial charge >= 0.3 is 0 Å². The van der Waals surface area contributed by atoms with Crippen LogP contribution in [0.3, 0.4) is 0 Å². The van der Waals surface area contributed by atoms with Gasteiger partial charge in [0.25, 0.3) is 0 Å². The number of morpholine rings is 1. The number of anilines is 1. The lowest BCUT2D eigenvalue weighted by Gasteiger charge is -2.34. The van der Waals surface area contributed by atoms with Crippen LogP contribution < -0.4 is 4.90 Å². The van der Waals surface area contributed by atoms with Crippen molar-refractivity contribution in [1.29, 1.82) is 0 Å². The lowest BCUT2D eigenvalue weighted by Crippen LogP contribution is -2.44. The largest absolute Gasteiger partial charge is 0.377 e. The van der Waals surface area contributed by atoms with Crippen molar-refractivity contribution >= 4 is 30.0 Å². The molecule has 1 atom stereocenters. The van der Waals surface area contributed by atoms with Crippen molar-refractivity contribution in [3.63, 3.8) is 0 Å². The minimum Gasteiger partial charge on any atom is -0.377 e. The van der Waals surface area contributed by atoms with Gasteiger partial charge in [0.15, 0.2) is 5.82 Å². The van der Waals surface area contributed by atoms with Gasteiger partial charge in [-0.2, -0.15) is 4.98 Å². The number of nitrogens with zero attached hydrogens (tertiary/aromatic N) is 4. The molecule has 1 aliphatic heterocycles. The maximum atomic E-state index is 5.83. The lowest BCUT2D eigenvalue weighted by molar-refractivity contribution is 0.0985. The molecule has 5 nitrogen and oxygen atoms in total. The number of halogens is 1. The normalized spacial score (nSPS) is 20.9. The van der Waals surface area contributed by atoms with Gasteiger partial charge in [0.05, 0.1) is 19.3 Å². The van der Waals surface area contributed by atoms with Crippen molar-refractivity contribution in [1.82, 2.24) is 9.97 Å². The first-order valence-corrected chi connectivity index (χ1v) is 5.44. The molecular weight excluding hydrogens is 228 g/mol. The zero-order chi connectivity index (χ0) is 11.5. The summed E-state index contributed by atoms with van der Waals surface area (Å²) in [6.07, 6.45) is 0. The van der Waals surface area contributed by atoms with Crippen LogP contribution in [0.15, 0.2) is 11.1 Å². The minimum absolute atomic E-state index is 0.193. The molecule has 1 aliphatic rings. The molecule has 0 saturated carbocycles. The number of ether oxygens (including phenoxy) is 1. The average molecular weight is 241 g/mol. The molecule has 2 rings (SSSR count). The standard InChI is InChI=1S/C10H13ClN4O/c1-7-6-16-4-3-15(7)9-5-8(12-2)13-10(11)14-9/h5,7H,2-4,6H2,1H3/t7-/m1/s1. The van der Waals surface area contributed by atoms with Gasteiger partial charge in [-0.25, -0.2) is 9.98 Å². The monoisotopic (exact) mass is 240 g/mol. The highest BCUT2D eigenvalue weighted by Crippen LogP contribution is 2.22. The Morgan fingerprint density at radius 1 is 1.62 bits per heavy atom. The Balaban J connectivity index is 2.31. The highest BCUT2D eigenvalue weighted by atomic mass is 35.5. The minimum atomic E-state index is 0.193. The van der Waals surface area contributed by atoms with E-state index in [-0.39, 0.29) is 11.3 Å². The summed E-state index contributed by atoms with van der Waals surface area (Å²) in [6.45, 7) is 7.70. The molecule has 0 bridgehead atoms. The summed E-state index contributed by atoms with van der Waals surface area (Å²) in [5.74, 6) is 1.27. The van der Waals surface area contributed by atoms with Gasteiger partial charge in [-0.05, 0) is 25.2 Å². The molecule has 16 heavy (non-hydrogen) atoms. The molecule has 1 aromatic rings. The Labute approximate surface area is 99.1 Å². The fourth-order valence-corrected chi connectivity index (χ4v) is 1.86. The van der Waals surface area contributed by atoms with Crippen LogP contribution in [0, 0.1) is 0 Å². The number of aromatic nitrogens is 2. The molecule has 86 valence electrons. The van der Waals surface area contributed by atoms with Crippen LogP contribution in [-0.2, 0) is 4.74 Å². The quantitative estimate of drug-likeness (QED) is 0.583. The summed E-state index contributed by atoms with van der Waals surface area (Å²) in [5.41, 5.74) is 0. The van der Waals surface area contributed by atoms with E-state index >= 15 is 0 Å². The van der Waals surface area contributed by atoms with Crippen molar-refractivity contribution in [2.75, 3.05) is 24.7 Å². The fourth-order valence-electron chi connectivity index (χ4n) is 1.69. The Bertz CT molecular complexity index is 398. The van der Waals surface area contributed by atoms with Gasteiger partial charge in [-0.3, -0.25) is 0 Å². The second-order valence-corrected chi connectivity index (χ2v) is 3.97. The van der Waals surface area contributed by atoms with E-state index in [0.717, 1.165) is 12.4 Å². The number of aliphatic imine (C=N–C) groups is 1. The molecule has 0 aromatic carbocycles. The Hall–Kier alpha value is -1.20. The van der Waals surface area contributed by atoms with E-state index in [1.807, 2.05) is 0 Å². The Morgan fingerprint density at radius 3 is 3.12 bits per heavy atom. The third-order valence-electron chi connectivity index (χ3n) is 2.50. The van der Waals surface area contributed by atoms with Gasteiger partial charge in [-0.15, -0.1) is 0 Å². The molecule has 0 N–H and O–H groups in total. The van der Waals surface area contributed by atoms with E-state index in [1.165, 1.54) is 0 Å². The molecule has 6 heteroatoms. The molecule has 0 unspecified atom stereocenters. The first-order chi connectivity index (χ1) is 7.70. The van der Waals surface area contributed by atoms with E-state index < -0.39 is 0 Å². The van der Waals surface area contributed by atoms with Crippen molar-refractivity contribution in [2.24, 2.45) is 4.99 Å². The lowest BCUT2D eigenvalue weighted by atomic mass is 10.2. The van der Waals surface area contributed by atoms with Crippen LogP contribution in [0.25, 0.3) is 0 Å². The Morgan fingerprint density at radius 2 is 2.44 bits per heavy atom.